The number of carbonyl (C=O) groups is 2. The topological polar surface area (TPSA) is 127 Å². The molecule has 0 unspecified atom stereocenters. The van der Waals surface area contributed by atoms with Crippen LogP contribution in [-0.2, 0) is 16.0 Å². The fourth-order valence-electron chi connectivity index (χ4n) is 3.32. The number of aromatic nitrogens is 2. The summed E-state index contributed by atoms with van der Waals surface area (Å²) in [4.78, 5) is 35.1. The summed E-state index contributed by atoms with van der Waals surface area (Å²) in [5.74, 6) is -0.396. The highest BCUT2D eigenvalue weighted by Crippen LogP contribution is 2.31. The number of amides is 2. The number of pyridine rings is 2. The molecule has 3 heterocycles. The van der Waals surface area contributed by atoms with Crippen molar-refractivity contribution in [3.63, 3.8) is 0 Å². The van der Waals surface area contributed by atoms with E-state index >= 15 is 0 Å². The van der Waals surface area contributed by atoms with Gasteiger partial charge in [-0.1, -0.05) is 13.0 Å². The number of nitrogen functional groups attached to an aromatic ring is 2. The molecular formula is C19H24N6O2. The van der Waals surface area contributed by atoms with Crippen LogP contribution >= 0.6 is 0 Å². The average molecular weight is 368 g/mol. The first-order chi connectivity index (χ1) is 13.0. The molecule has 1 atom stereocenters. The molecule has 0 radical (unpaired) electrons. The van der Waals surface area contributed by atoms with Gasteiger partial charge in [0.05, 0.1) is 17.9 Å². The first kappa shape index (κ1) is 18.6. The Morgan fingerprint density at radius 3 is 2.74 bits per heavy atom. The number of likely N-dealkylation sites (tertiary alicyclic amines) is 1. The van der Waals surface area contributed by atoms with Crippen LogP contribution in [0.3, 0.4) is 0 Å². The third-order valence-electron chi connectivity index (χ3n) is 4.79. The molecule has 1 fully saturated rings. The summed E-state index contributed by atoms with van der Waals surface area (Å²) < 4.78 is 0. The van der Waals surface area contributed by atoms with Gasteiger partial charge in [-0.2, -0.15) is 0 Å². The Kier molecular flexibility index (Phi) is 5.54. The quantitative estimate of drug-likeness (QED) is 0.710. The van der Waals surface area contributed by atoms with Gasteiger partial charge in [-0.25, -0.2) is 9.97 Å². The Labute approximate surface area is 158 Å². The number of hydrogen-bond acceptors (Lipinski definition) is 6. The lowest BCUT2D eigenvalue weighted by Gasteiger charge is -2.35. The van der Waals surface area contributed by atoms with Gasteiger partial charge in [-0.3, -0.25) is 9.59 Å². The summed E-state index contributed by atoms with van der Waals surface area (Å²) in [7, 11) is 0. The van der Waals surface area contributed by atoms with Crippen molar-refractivity contribution >= 4 is 29.1 Å². The lowest BCUT2D eigenvalue weighted by atomic mass is 9.96. The predicted molar refractivity (Wildman–Crippen MR) is 104 cm³/mol. The van der Waals surface area contributed by atoms with Crippen LogP contribution in [0.4, 0.5) is 17.3 Å². The van der Waals surface area contributed by atoms with Crippen molar-refractivity contribution in [2.75, 3.05) is 23.3 Å². The lowest BCUT2D eigenvalue weighted by molar-refractivity contribution is -0.145. The molecule has 2 amide bonds. The van der Waals surface area contributed by atoms with Crippen molar-refractivity contribution in [1.82, 2.24) is 14.9 Å². The largest absolute Gasteiger partial charge is 0.384 e. The zero-order valence-corrected chi connectivity index (χ0v) is 15.3. The van der Waals surface area contributed by atoms with Crippen LogP contribution in [0, 0.1) is 0 Å². The minimum absolute atomic E-state index is 0.180. The van der Waals surface area contributed by atoms with Crippen LogP contribution in [-0.4, -0.2) is 33.2 Å². The van der Waals surface area contributed by atoms with E-state index in [0.717, 1.165) is 30.4 Å². The molecule has 1 aliphatic rings. The molecule has 27 heavy (non-hydrogen) atoms. The van der Waals surface area contributed by atoms with Crippen molar-refractivity contribution in [2.45, 2.75) is 38.6 Å². The van der Waals surface area contributed by atoms with E-state index < -0.39 is 11.8 Å². The van der Waals surface area contributed by atoms with Gasteiger partial charge in [-0.05, 0) is 48.9 Å². The summed E-state index contributed by atoms with van der Waals surface area (Å²) in [5.41, 5.74) is 13.6. The molecule has 1 saturated heterocycles. The van der Waals surface area contributed by atoms with Crippen molar-refractivity contribution in [1.29, 1.82) is 0 Å². The zero-order chi connectivity index (χ0) is 19.4. The van der Waals surface area contributed by atoms with Crippen LogP contribution in [0.15, 0.2) is 30.6 Å². The normalized spacial score (nSPS) is 16.8. The zero-order valence-electron chi connectivity index (χ0n) is 15.3. The summed E-state index contributed by atoms with van der Waals surface area (Å²) in [6.07, 6.45) is 6.45. The second kappa shape index (κ2) is 8.03. The van der Waals surface area contributed by atoms with Crippen LogP contribution in [0.25, 0.3) is 0 Å². The van der Waals surface area contributed by atoms with Gasteiger partial charge in [0.1, 0.15) is 11.6 Å². The molecule has 0 aliphatic carbocycles. The molecular weight excluding hydrogens is 344 g/mol. The SMILES string of the molecule is CCc1cc(NC(=O)C(=O)N2CCCC[C@H]2c2ccc(N)nc2)cnc1N. The third kappa shape index (κ3) is 4.16. The smallest absolute Gasteiger partial charge is 0.313 e. The van der Waals surface area contributed by atoms with Crippen molar-refractivity contribution in [3.05, 3.63) is 41.7 Å². The monoisotopic (exact) mass is 368 g/mol. The molecule has 3 rings (SSSR count). The number of nitrogens with one attached hydrogen (secondary N) is 1. The van der Waals surface area contributed by atoms with Crippen LogP contribution in [0.1, 0.15) is 43.4 Å². The van der Waals surface area contributed by atoms with Gasteiger partial charge in [-0.15, -0.1) is 0 Å². The maximum Gasteiger partial charge on any atom is 0.313 e. The number of nitrogens with zero attached hydrogens (tertiary/aromatic N) is 3. The molecule has 0 spiro atoms. The van der Waals surface area contributed by atoms with E-state index in [2.05, 4.69) is 15.3 Å². The molecule has 142 valence electrons. The van der Waals surface area contributed by atoms with Gasteiger partial charge in [0.15, 0.2) is 0 Å². The first-order valence-corrected chi connectivity index (χ1v) is 9.07. The van der Waals surface area contributed by atoms with Gasteiger partial charge < -0.3 is 21.7 Å². The number of rotatable bonds is 3. The van der Waals surface area contributed by atoms with E-state index in [1.807, 2.05) is 13.0 Å². The Morgan fingerprint density at radius 2 is 2.04 bits per heavy atom. The van der Waals surface area contributed by atoms with Gasteiger partial charge >= 0.3 is 11.8 Å². The summed E-state index contributed by atoms with van der Waals surface area (Å²) >= 11 is 0. The summed E-state index contributed by atoms with van der Waals surface area (Å²) in [6.45, 7) is 2.48. The van der Waals surface area contributed by atoms with E-state index in [0.29, 0.717) is 30.3 Å². The van der Waals surface area contributed by atoms with E-state index in [9.17, 15) is 9.59 Å². The highest BCUT2D eigenvalue weighted by molar-refractivity contribution is 6.39. The Hall–Kier alpha value is -3.16. The Balaban J connectivity index is 1.76. The van der Waals surface area contributed by atoms with Crippen molar-refractivity contribution < 1.29 is 9.59 Å². The van der Waals surface area contributed by atoms with E-state index in [1.54, 1.807) is 23.2 Å². The maximum absolute atomic E-state index is 12.8. The van der Waals surface area contributed by atoms with Gasteiger partial charge in [0, 0.05) is 12.7 Å². The second-order valence-electron chi connectivity index (χ2n) is 6.60. The standard InChI is InChI=1S/C19H24N6O2/c1-2-12-9-14(11-23-17(12)21)24-18(26)19(27)25-8-4-3-5-15(25)13-6-7-16(20)22-10-13/h6-7,9-11,15H,2-5,8H2,1H3,(H2,20,22)(H2,21,23)(H,24,26)/t15-/m0/s1. The third-order valence-corrected chi connectivity index (χ3v) is 4.79. The molecule has 0 bridgehead atoms. The van der Waals surface area contributed by atoms with E-state index in [-0.39, 0.29) is 6.04 Å². The number of piperidine rings is 1. The minimum atomic E-state index is -0.682. The number of hydrogen-bond donors (Lipinski definition) is 3. The highest BCUT2D eigenvalue weighted by Gasteiger charge is 2.32. The maximum atomic E-state index is 12.8. The molecule has 1 aliphatic heterocycles. The van der Waals surface area contributed by atoms with E-state index in [1.165, 1.54) is 6.20 Å². The summed E-state index contributed by atoms with van der Waals surface area (Å²) in [5, 5.41) is 2.64. The Bertz CT molecular complexity index is 837. The molecule has 8 heteroatoms. The number of anilines is 3. The molecule has 0 saturated carbocycles. The molecule has 2 aromatic rings. The number of carbonyl (C=O) groups excluding carboxylic acids is 2. The highest BCUT2D eigenvalue weighted by atomic mass is 16.2. The number of nitrogens with two attached hydrogens (primary N) is 2. The minimum Gasteiger partial charge on any atom is -0.384 e. The molecule has 5 N–H and O–H groups in total. The number of aryl methyl sites for hydroxylation is 1. The van der Waals surface area contributed by atoms with Crippen LogP contribution in [0.2, 0.25) is 0 Å². The molecule has 0 aromatic carbocycles. The fourth-order valence-corrected chi connectivity index (χ4v) is 3.32. The Morgan fingerprint density at radius 1 is 1.22 bits per heavy atom. The van der Waals surface area contributed by atoms with Gasteiger partial charge in [0.25, 0.3) is 0 Å². The summed E-state index contributed by atoms with van der Waals surface area (Å²) in [6, 6.07) is 5.12. The fraction of sp³-hybridized carbons (Fsp3) is 0.368. The second-order valence-corrected chi connectivity index (χ2v) is 6.60. The van der Waals surface area contributed by atoms with Crippen molar-refractivity contribution in [2.24, 2.45) is 0 Å². The molecule has 2 aromatic heterocycles. The lowest BCUT2D eigenvalue weighted by Crippen LogP contribution is -2.44. The van der Waals surface area contributed by atoms with E-state index in [4.69, 9.17) is 11.5 Å². The first-order valence-electron chi connectivity index (χ1n) is 9.07. The molecule has 8 nitrogen and oxygen atoms in total. The predicted octanol–water partition coefficient (Wildman–Crippen LogP) is 1.90. The van der Waals surface area contributed by atoms with Crippen LogP contribution in [0.5, 0.6) is 0 Å². The average Bonchev–Trinajstić information content (AvgIpc) is 2.69. The van der Waals surface area contributed by atoms with Gasteiger partial charge in [0.2, 0.25) is 0 Å². The van der Waals surface area contributed by atoms with Crippen molar-refractivity contribution in [3.8, 4) is 0 Å². The van der Waals surface area contributed by atoms with Crippen LogP contribution < -0.4 is 16.8 Å².